The van der Waals surface area contributed by atoms with Gasteiger partial charge in [0, 0.05) is 12.1 Å². The molecule has 1 saturated carbocycles. The molecule has 2 nitrogen and oxygen atoms in total. The molecule has 1 unspecified atom stereocenters. The van der Waals surface area contributed by atoms with Gasteiger partial charge in [-0.2, -0.15) is 0 Å². The highest BCUT2D eigenvalue weighted by Crippen LogP contribution is 2.19. The Bertz CT molecular complexity index is 87.7. The fourth-order valence-corrected chi connectivity index (χ4v) is 1.91. The molecule has 2 atom stereocenters. The molecule has 1 aliphatic rings. The summed E-state index contributed by atoms with van der Waals surface area (Å²) in [6, 6.07) is 0.681. The summed E-state index contributed by atoms with van der Waals surface area (Å²) in [7, 11) is 0. The molecule has 0 aliphatic heterocycles. The first kappa shape index (κ1) is 8.60. The van der Waals surface area contributed by atoms with Gasteiger partial charge in [-0.25, -0.2) is 9.67 Å². The van der Waals surface area contributed by atoms with Crippen molar-refractivity contribution < 1.29 is 0 Å². The van der Waals surface area contributed by atoms with Gasteiger partial charge >= 0.3 is 0 Å². The van der Waals surface area contributed by atoms with Crippen molar-refractivity contribution in [1.82, 2.24) is 9.67 Å². The van der Waals surface area contributed by atoms with Gasteiger partial charge in [-0.1, -0.05) is 12.8 Å². The van der Waals surface area contributed by atoms with E-state index >= 15 is 0 Å². The number of nitrogens with one attached hydrogen (secondary N) is 2. The lowest BCUT2D eigenvalue weighted by atomic mass is 9.92. The zero-order chi connectivity index (χ0) is 7.40. The highest BCUT2D eigenvalue weighted by Gasteiger charge is 2.22. The van der Waals surface area contributed by atoms with Crippen LogP contribution in [0.3, 0.4) is 0 Å². The molecule has 0 aromatic carbocycles. The van der Waals surface area contributed by atoms with Gasteiger partial charge in [0.05, 0.1) is 0 Å². The predicted octanol–water partition coefficient (Wildman–Crippen LogP) is 1.78. The molecule has 1 aliphatic carbocycles. The summed E-state index contributed by atoms with van der Waals surface area (Å²) in [6.07, 6.45) is 4.74. The number of hydrogen-bond donors (Lipinski definition) is 2. The molecule has 0 amide bonds. The molecule has 0 aromatic rings. The Kier molecular flexibility index (Phi) is 3.78. The molecule has 60 valence electrons. The topological polar surface area (TPSA) is 24.1 Å². The second-order valence-corrected chi connectivity index (χ2v) is 3.15. The summed E-state index contributed by atoms with van der Waals surface area (Å²) in [5, 5.41) is 0. The lowest BCUT2D eigenvalue weighted by Crippen LogP contribution is -2.43. The van der Waals surface area contributed by atoms with Crippen LogP contribution in [0, 0.1) is 0 Å². The lowest BCUT2D eigenvalue weighted by molar-refractivity contribution is 0.349. The predicted molar refractivity (Wildman–Crippen MR) is 44.0 cm³/mol. The Labute approximate surface area is 71.5 Å². The van der Waals surface area contributed by atoms with Crippen LogP contribution >= 0.6 is 23.6 Å². The standard InChI is InChI=1S/C6H12Cl2N2/c7-9-5-3-1-2-4-6(5)10-8/h5-6,9-10H,1-4H2/t5-,6?/m1/s1. The van der Waals surface area contributed by atoms with Gasteiger partial charge in [-0.15, -0.1) is 0 Å². The number of hydrogen-bond acceptors (Lipinski definition) is 2. The average molecular weight is 183 g/mol. The normalized spacial score (nSPS) is 34.2. The van der Waals surface area contributed by atoms with Gasteiger partial charge in [0.15, 0.2) is 0 Å². The van der Waals surface area contributed by atoms with Crippen molar-refractivity contribution in [1.29, 1.82) is 0 Å². The molecule has 2 N–H and O–H groups in total. The molecule has 0 heterocycles. The maximum Gasteiger partial charge on any atom is 0.0387 e. The summed E-state index contributed by atoms with van der Waals surface area (Å²) in [5.41, 5.74) is 0. The first-order valence-corrected chi connectivity index (χ1v) is 4.36. The first-order valence-electron chi connectivity index (χ1n) is 3.61. The minimum absolute atomic E-state index is 0.341. The molecular formula is C6H12Cl2N2. The molecule has 1 rings (SSSR count). The van der Waals surface area contributed by atoms with Crippen LogP contribution in [0.4, 0.5) is 0 Å². The zero-order valence-electron chi connectivity index (χ0n) is 5.74. The Morgan fingerprint density at radius 2 is 1.30 bits per heavy atom. The van der Waals surface area contributed by atoms with E-state index in [1.54, 1.807) is 0 Å². The van der Waals surface area contributed by atoms with E-state index in [1.165, 1.54) is 12.8 Å². The van der Waals surface area contributed by atoms with E-state index in [0.717, 1.165) is 12.8 Å². The maximum atomic E-state index is 5.51. The summed E-state index contributed by atoms with van der Waals surface area (Å²) in [5.74, 6) is 0. The van der Waals surface area contributed by atoms with Crippen LogP contribution in [0.1, 0.15) is 25.7 Å². The maximum absolute atomic E-state index is 5.51. The fourth-order valence-electron chi connectivity index (χ4n) is 1.39. The fraction of sp³-hybridized carbons (Fsp3) is 1.00. The van der Waals surface area contributed by atoms with Crippen molar-refractivity contribution >= 4 is 23.6 Å². The molecule has 0 spiro atoms. The summed E-state index contributed by atoms with van der Waals surface area (Å²) < 4.78 is 0. The second-order valence-electron chi connectivity index (χ2n) is 2.72. The largest absolute Gasteiger partial charge is 0.229 e. The van der Waals surface area contributed by atoms with Crippen molar-refractivity contribution in [3.8, 4) is 0 Å². The van der Waals surface area contributed by atoms with E-state index in [9.17, 15) is 0 Å². The monoisotopic (exact) mass is 182 g/mol. The van der Waals surface area contributed by atoms with Crippen molar-refractivity contribution in [3.05, 3.63) is 0 Å². The minimum Gasteiger partial charge on any atom is -0.229 e. The summed E-state index contributed by atoms with van der Waals surface area (Å²) >= 11 is 11.0. The van der Waals surface area contributed by atoms with E-state index < -0.39 is 0 Å². The molecule has 10 heavy (non-hydrogen) atoms. The van der Waals surface area contributed by atoms with Crippen molar-refractivity contribution in [2.75, 3.05) is 0 Å². The third-order valence-corrected chi connectivity index (χ3v) is 2.61. The summed E-state index contributed by atoms with van der Waals surface area (Å²) in [6.45, 7) is 0. The van der Waals surface area contributed by atoms with Crippen LogP contribution in [0.15, 0.2) is 0 Å². The smallest absolute Gasteiger partial charge is 0.0387 e. The lowest BCUT2D eigenvalue weighted by Gasteiger charge is -2.28. The Balaban J connectivity index is 2.34. The quantitative estimate of drug-likeness (QED) is 0.637. The third kappa shape index (κ3) is 1.99. The Morgan fingerprint density at radius 3 is 1.60 bits per heavy atom. The van der Waals surface area contributed by atoms with Crippen LogP contribution in [0.2, 0.25) is 0 Å². The van der Waals surface area contributed by atoms with E-state index in [2.05, 4.69) is 9.67 Å². The molecule has 0 radical (unpaired) electrons. The first-order chi connectivity index (χ1) is 4.88. The van der Waals surface area contributed by atoms with Gasteiger partial charge in [-0.05, 0) is 36.4 Å². The average Bonchev–Trinajstić information content (AvgIpc) is 2.04. The van der Waals surface area contributed by atoms with Crippen molar-refractivity contribution in [2.45, 2.75) is 37.8 Å². The van der Waals surface area contributed by atoms with Crippen molar-refractivity contribution in [2.24, 2.45) is 0 Å². The zero-order valence-corrected chi connectivity index (χ0v) is 7.25. The second kappa shape index (κ2) is 4.39. The van der Waals surface area contributed by atoms with Crippen molar-refractivity contribution in [3.63, 3.8) is 0 Å². The number of halogens is 2. The minimum atomic E-state index is 0.341. The highest BCUT2D eigenvalue weighted by molar-refractivity contribution is 6.14. The SMILES string of the molecule is ClNC1CCCC[C@H]1NCl. The third-order valence-electron chi connectivity index (χ3n) is 2.05. The van der Waals surface area contributed by atoms with E-state index in [0.29, 0.717) is 12.1 Å². The van der Waals surface area contributed by atoms with Crippen LogP contribution in [0.25, 0.3) is 0 Å². The Hall–Kier alpha value is 0.500. The van der Waals surface area contributed by atoms with E-state index in [4.69, 9.17) is 23.6 Å². The summed E-state index contributed by atoms with van der Waals surface area (Å²) in [4.78, 5) is 5.46. The van der Waals surface area contributed by atoms with Gasteiger partial charge in [0.2, 0.25) is 0 Å². The Morgan fingerprint density at radius 1 is 0.900 bits per heavy atom. The molecule has 0 saturated heterocycles. The van der Waals surface area contributed by atoms with Gasteiger partial charge < -0.3 is 0 Å². The number of rotatable bonds is 2. The highest BCUT2D eigenvalue weighted by atomic mass is 35.5. The van der Waals surface area contributed by atoms with Gasteiger partial charge in [-0.3, -0.25) is 0 Å². The van der Waals surface area contributed by atoms with Crippen LogP contribution in [-0.2, 0) is 0 Å². The molecule has 4 heteroatoms. The van der Waals surface area contributed by atoms with E-state index in [-0.39, 0.29) is 0 Å². The molecule has 0 bridgehead atoms. The van der Waals surface area contributed by atoms with Gasteiger partial charge in [0.1, 0.15) is 0 Å². The van der Waals surface area contributed by atoms with E-state index in [1.807, 2.05) is 0 Å². The van der Waals surface area contributed by atoms with Crippen LogP contribution in [0.5, 0.6) is 0 Å². The molecule has 1 fully saturated rings. The van der Waals surface area contributed by atoms with Crippen LogP contribution in [-0.4, -0.2) is 12.1 Å². The van der Waals surface area contributed by atoms with Crippen LogP contribution < -0.4 is 9.67 Å². The molecule has 0 aromatic heterocycles. The molecular weight excluding hydrogens is 171 g/mol. The van der Waals surface area contributed by atoms with Gasteiger partial charge in [0.25, 0.3) is 0 Å².